The van der Waals surface area contributed by atoms with Gasteiger partial charge in [0.05, 0.1) is 12.7 Å². The van der Waals surface area contributed by atoms with Gasteiger partial charge < -0.3 is 19.8 Å². The third kappa shape index (κ3) is 4.11. The van der Waals surface area contributed by atoms with Crippen LogP contribution in [0.15, 0.2) is 23.8 Å². The minimum absolute atomic E-state index is 0.0839. The van der Waals surface area contributed by atoms with Crippen LogP contribution in [0.5, 0.6) is 11.8 Å². The van der Waals surface area contributed by atoms with Gasteiger partial charge in [0.1, 0.15) is 10.8 Å². The minimum Gasteiger partial charge on any atom is -0.424 e. The fraction of sp³-hybridized carbons (Fsp3) is 0.400. The van der Waals surface area contributed by atoms with Crippen LogP contribution in [0.2, 0.25) is 0 Å². The Hall–Kier alpha value is -3.02. The van der Waals surface area contributed by atoms with Crippen LogP contribution >= 0.6 is 11.3 Å². The number of thiazole rings is 1. The lowest BCUT2D eigenvalue weighted by molar-refractivity contribution is 0.00112. The summed E-state index contributed by atoms with van der Waals surface area (Å²) in [4.78, 5) is 29.3. The second-order valence-electron chi connectivity index (χ2n) is 7.37. The average molecular weight is 445 g/mol. The van der Waals surface area contributed by atoms with Crippen LogP contribution in [0, 0.1) is 13.8 Å². The van der Waals surface area contributed by atoms with Crippen LogP contribution in [0.1, 0.15) is 33.2 Å². The van der Waals surface area contributed by atoms with E-state index in [1.54, 1.807) is 24.0 Å². The molecule has 0 fully saturated rings. The Morgan fingerprint density at radius 3 is 2.74 bits per heavy atom. The Morgan fingerprint density at radius 2 is 2.06 bits per heavy atom. The van der Waals surface area contributed by atoms with Crippen molar-refractivity contribution in [3.63, 3.8) is 0 Å². The molecule has 2 N–H and O–H groups in total. The molecule has 0 radical (unpaired) electrons. The number of amides is 1. The summed E-state index contributed by atoms with van der Waals surface area (Å²) in [5.74, 6) is 0.431. The molecule has 4 heterocycles. The van der Waals surface area contributed by atoms with Crippen molar-refractivity contribution >= 4 is 23.1 Å². The summed E-state index contributed by atoms with van der Waals surface area (Å²) in [7, 11) is 1.66. The molecular weight excluding hydrogens is 420 g/mol. The summed E-state index contributed by atoms with van der Waals surface area (Å²) in [6, 6.07) is 2.04. The quantitative estimate of drug-likeness (QED) is 0.566. The molecule has 1 atom stereocenters. The Morgan fingerprint density at radius 1 is 1.26 bits per heavy atom. The highest BCUT2D eigenvalue weighted by atomic mass is 32.1. The van der Waals surface area contributed by atoms with E-state index in [0.29, 0.717) is 30.2 Å². The average Bonchev–Trinajstić information content (AvgIpc) is 3.30. The zero-order valence-corrected chi connectivity index (χ0v) is 18.3. The molecule has 11 heteroatoms. The first-order valence-corrected chi connectivity index (χ1v) is 10.7. The Labute approximate surface area is 183 Å². The summed E-state index contributed by atoms with van der Waals surface area (Å²) >= 11 is 1.48. The van der Waals surface area contributed by atoms with Gasteiger partial charge in [-0.25, -0.2) is 4.98 Å². The number of fused-ring (bicyclic) bond motifs is 1. The van der Waals surface area contributed by atoms with E-state index < -0.39 is 6.35 Å². The van der Waals surface area contributed by atoms with Gasteiger partial charge in [0.15, 0.2) is 11.5 Å². The van der Waals surface area contributed by atoms with Crippen LogP contribution in [0.4, 0.5) is 5.82 Å². The van der Waals surface area contributed by atoms with Crippen molar-refractivity contribution in [1.82, 2.24) is 24.4 Å². The maximum absolute atomic E-state index is 13.3. The van der Waals surface area contributed by atoms with Crippen molar-refractivity contribution in [2.75, 3.05) is 25.1 Å². The van der Waals surface area contributed by atoms with Gasteiger partial charge in [-0.15, -0.1) is 11.3 Å². The first-order valence-electron chi connectivity index (χ1n) is 9.82. The lowest BCUT2D eigenvalue weighted by Gasteiger charge is -2.38. The topological polar surface area (TPSA) is 117 Å². The molecule has 4 rings (SSSR count). The van der Waals surface area contributed by atoms with Gasteiger partial charge in [-0.3, -0.25) is 19.2 Å². The maximum Gasteiger partial charge on any atom is 0.305 e. The van der Waals surface area contributed by atoms with E-state index in [2.05, 4.69) is 15.0 Å². The summed E-state index contributed by atoms with van der Waals surface area (Å²) in [5.41, 5.74) is 2.12. The smallest absolute Gasteiger partial charge is 0.305 e. The lowest BCUT2D eigenvalue weighted by Crippen LogP contribution is -2.54. The van der Waals surface area contributed by atoms with Crippen molar-refractivity contribution in [1.29, 1.82) is 0 Å². The SMILES string of the molecule is Cc1cncc(Oc2nc3c(n2Cc2nc(C)cs2)C(=O)N(CCCO)C(O)N3C)c1. The molecule has 1 aliphatic rings. The Bertz CT molecular complexity index is 1100. The largest absolute Gasteiger partial charge is 0.424 e. The molecule has 1 unspecified atom stereocenters. The molecule has 0 spiro atoms. The lowest BCUT2D eigenvalue weighted by atomic mass is 10.2. The van der Waals surface area contributed by atoms with Gasteiger partial charge in [-0.05, 0) is 31.9 Å². The highest BCUT2D eigenvalue weighted by Crippen LogP contribution is 2.35. The first kappa shape index (κ1) is 21.2. The third-order valence-corrected chi connectivity index (χ3v) is 5.86. The predicted molar refractivity (Wildman–Crippen MR) is 114 cm³/mol. The number of carbonyl (C=O) groups excluding carboxylic acids is 1. The number of anilines is 1. The van der Waals surface area contributed by atoms with Gasteiger partial charge in [-0.2, -0.15) is 4.98 Å². The third-order valence-electron chi connectivity index (χ3n) is 4.91. The maximum atomic E-state index is 13.3. The molecule has 0 saturated heterocycles. The normalized spacial score (nSPS) is 16.0. The highest BCUT2D eigenvalue weighted by molar-refractivity contribution is 7.09. The molecule has 1 amide bonds. The monoisotopic (exact) mass is 444 g/mol. The van der Waals surface area contributed by atoms with Crippen molar-refractivity contribution in [2.45, 2.75) is 33.2 Å². The molecule has 0 bridgehead atoms. The summed E-state index contributed by atoms with van der Waals surface area (Å²) < 4.78 is 7.69. The Kier molecular flexibility index (Phi) is 5.90. The molecule has 0 aromatic carbocycles. The zero-order valence-electron chi connectivity index (χ0n) is 17.5. The molecule has 3 aromatic heterocycles. The van der Waals surface area contributed by atoms with E-state index in [9.17, 15) is 15.0 Å². The molecule has 31 heavy (non-hydrogen) atoms. The number of nitrogens with zero attached hydrogens (tertiary/aromatic N) is 6. The molecule has 3 aromatic rings. The fourth-order valence-corrected chi connectivity index (χ4v) is 4.18. The number of aryl methyl sites for hydroxylation is 2. The number of imidazole rings is 1. The summed E-state index contributed by atoms with van der Waals surface area (Å²) in [6.45, 7) is 4.23. The molecule has 10 nitrogen and oxygen atoms in total. The number of rotatable bonds is 7. The van der Waals surface area contributed by atoms with Gasteiger partial charge in [0, 0.05) is 37.5 Å². The first-order chi connectivity index (χ1) is 14.9. The van der Waals surface area contributed by atoms with Gasteiger partial charge in [0.25, 0.3) is 5.91 Å². The van der Waals surface area contributed by atoms with E-state index >= 15 is 0 Å². The van der Waals surface area contributed by atoms with Crippen LogP contribution < -0.4 is 9.64 Å². The van der Waals surface area contributed by atoms with Crippen LogP contribution in [0.3, 0.4) is 0 Å². The van der Waals surface area contributed by atoms with Gasteiger partial charge >= 0.3 is 6.01 Å². The minimum atomic E-state index is -1.19. The van der Waals surface area contributed by atoms with E-state index in [-0.39, 0.29) is 25.1 Å². The van der Waals surface area contributed by atoms with E-state index in [1.165, 1.54) is 21.1 Å². The van der Waals surface area contributed by atoms with Crippen LogP contribution in [-0.4, -0.2) is 67.1 Å². The van der Waals surface area contributed by atoms with E-state index in [0.717, 1.165) is 16.3 Å². The molecule has 1 aliphatic heterocycles. The summed E-state index contributed by atoms with van der Waals surface area (Å²) in [5, 5.41) is 22.6. The van der Waals surface area contributed by atoms with E-state index in [1.807, 2.05) is 25.3 Å². The molecule has 164 valence electrons. The molecule has 0 aliphatic carbocycles. The van der Waals surface area contributed by atoms with Gasteiger partial charge in [0.2, 0.25) is 6.35 Å². The number of ether oxygens (including phenoxy) is 1. The van der Waals surface area contributed by atoms with Crippen molar-refractivity contribution in [3.05, 3.63) is 45.8 Å². The van der Waals surface area contributed by atoms with Crippen molar-refractivity contribution in [3.8, 4) is 11.8 Å². The van der Waals surface area contributed by atoms with Crippen molar-refractivity contribution < 1.29 is 19.7 Å². The zero-order chi connectivity index (χ0) is 22.1. The molecular formula is C20H24N6O4S. The Balaban J connectivity index is 1.79. The highest BCUT2D eigenvalue weighted by Gasteiger charge is 2.40. The van der Waals surface area contributed by atoms with Crippen LogP contribution in [0.25, 0.3) is 0 Å². The van der Waals surface area contributed by atoms with E-state index in [4.69, 9.17) is 4.74 Å². The predicted octanol–water partition coefficient (Wildman–Crippen LogP) is 1.74. The van der Waals surface area contributed by atoms with Crippen LogP contribution in [-0.2, 0) is 6.54 Å². The number of aromatic nitrogens is 4. The number of aliphatic hydroxyl groups excluding tert-OH is 2. The second-order valence-corrected chi connectivity index (χ2v) is 8.31. The van der Waals surface area contributed by atoms with Crippen molar-refractivity contribution in [2.24, 2.45) is 0 Å². The summed E-state index contributed by atoms with van der Waals surface area (Å²) in [6.07, 6.45) is 2.46. The number of hydrogen-bond donors (Lipinski definition) is 2. The second kappa shape index (κ2) is 8.61. The number of carbonyl (C=O) groups is 1. The number of aliphatic hydroxyl groups is 2. The standard InChI is InChI=1S/C20H24N6O4S/c1-12-7-14(9-21-8-12)30-19-23-17-16(26(19)10-15-22-13(2)11-31-15)18(28)25(5-4-6-27)20(29)24(17)3/h7-9,11,20,27,29H,4-6,10H2,1-3H3. The molecule has 0 saturated carbocycles. The van der Waals surface area contributed by atoms with Gasteiger partial charge in [-0.1, -0.05) is 0 Å². The number of pyridine rings is 1. The fourth-order valence-electron chi connectivity index (χ4n) is 3.42. The number of hydrogen-bond acceptors (Lipinski definition) is 9.